The molecule has 0 spiro atoms. The van der Waals surface area contributed by atoms with E-state index in [-0.39, 0.29) is 12.5 Å². The van der Waals surface area contributed by atoms with Gasteiger partial charge in [0.1, 0.15) is 11.6 Å². The maximum absolute atomic E-state index is 13.5. The summed E-state index contributed by atoms with van der Waals surface area (Å²) in [5.74, 6) is -2.18. The highest BCUT2D eigenvalue weighted by Crippen LogP contribution is 2.33. The Morgan fingerprint density at radius 3 is 2.37 bits per heavy atom. The van der Waals surface area contributed by atoms with Crippen LogP contribution in [0.4, 0.5) is 8.78 Å². The van der Waals surface area contributed by atoms with E-state index in [1.807, 2.05) is 0 Å². The molecule has 0 saturated heterocycles. The molecule has 106 valence electrons. The SMILES string of the molecule is CN(CC(O)C1CC1)S(=O)(=O)c1c(F)cccc1F. The van der Waals surface area contributed by atoms with Crippen LogP contribution >= 0.6 is 0 Å². The van der Waals surface area contributed by atoms with Gasteiger partial charge >= 0.3 is 0 Å². The number of benzene rings is 1. The zero-order chi connectivity index (χ0) is 14.2. The fraction of sp³-hybridized carbons (Fsp3) is 0.500. The van der Waals surface area contributed by atoms with Crippen LogP contribution in [0.5, 0.6) is 0 Å². The Balaban J connectivity index is 2.25. The Morgan fingerprint density at radius 1 is 1.37 bits per heavy atom. The first kappa shape index (κ1) is 14.4. The molecule has 1 fully saturated rings. The highest BCUT2D eigenvalue weighted by atomic mass is 32.2. The quantitative estimate of drug-likeness (QED) is 0.891. The van der Waals surface area contributed by atoms with Gasteiger partial charge in [0.15, 0.2) is 4.90 Å². The molecule has 4 nitrogen and oxygen atoms in total. The molecular weight excluding hydrogens is 276 g/mol. The van der Waals surface area contributed by atoms with Crippen molar-refractivity contribution in [2.75, 3.05) is 13.6 Å². The molecule has 2 rings (SSSR count). The van der Waals surface area contributed by atoms with Crippen LogP contribution in [0.1, 0.15) is 12.8 Å². The van der Waals surface area contributed by atoms with Gasteiger partial charge in [-0.25, -0.2) is 17.2 Å². The monoisotopic (exact) mass is 291 g/mol. The summed E-state index contributed by atoms with van der Waals surface area (Å²) >= 11 is 0. The number of aliphatic hydroxyl groups excluding tert-OH is 1. The highest BCUT2D eigenvalue weighted by Gasteiger charge is 2.34. The van der Waals surface area contributed by atoms with E-state index in [0.29, 0.717) is 0 Å². The molecule has 0 bridgehead atoms. The third-order valence-corrected chi connectivity index (χ3v) is 5.07. The van der Waals surface area contributed by atoms with Gasteiger partial charge in [0.2, 0.25) is 10.0 Å². The predicted octanol–water partition coefficient (Wildman–Crippen LogP) is 1.36. The molecule has 1 atom stereocenters. The van der Waals surface area contributed by atoms with E-state index in [9.17, 15) is 22.3 Å². The van der Waals surface area contributed by atoms with Crippen molar-refractivity contribution in [1.29, 1.82) is 0 Å². The molecule has 0 amide bonds. The van der Waals surface area contributed by atoms with Crippen molar-refractivity contribution in [3.8, 4) is 0 Å². The molecule has 1 saturated carbocycles. The summed E-state index contributed by atoms with van der Waals surface area (Å²) < 4.78 is 52.0. The first-order valence-corrected chi connectivity index (χ1v) is 7.36. The molecular formula is C12H15F2NO3S. The van der Waals surface area contributed by atoms with Gasteiger partial charge in [0.05, 0.1) is 6.10 Å². The molecule has 0 heterocycles. The van der Waals surface area contributed by atoms with Crippen molar-refractivity contribution >= 4 is 10.0 Å². The fourth-order valence-corrected chi connectivity index (χ4v) is 3.17. The number of sulfonamides is 1. The summed E-state index contributed by atoms with van der Waals surface area (Å²) in [4.78, 5) is -0.972. The van der Waals surface area contributed by atoms with Crippen LogP contribution in [0.2, 0.25) is 0 Å². The molecule has 19 heavy (non-hydrogen) atoms. The van der Waals surface area contributed by atoms with Gasteiger partial charge in [-0.15, -0.1) is 0 Å². The Bertz CT molecular complexity index is 552. The summed E-state index contributed by atoms with van der Waals surface area (Å²) in [5.41, 5.74) is 0. The van der Waals surface area contributed by atoms with E-state index < -0.39 is 32.7 Å². The van der Waals surface area contributed by atoms with Gasteiger partial charge in [-0.3, -0.25) is 0 Å². The van der Waals surface area contributed by atoms with Crippen molar-refractivity contribution in [2.45, 2.75) is 23.8 Å². The minimum atomic E-state index is -4.28. The van der Waals surface area contributed by atoms with Gasteiger partial charge in [0, 0.05) is 13.6 Å². The van der Waals surface area contributed by atoms with E-state index in [0.717, 1.165) is 35.3 Å². The number of hydrogen-bond donors (Lipinski definition) is 1. The summed E-state index contributed by atoms with van der Waals surface area (Å²) in [7, 11) is -3.08. The molecule has 7 heteroatoms. The zero-order valence-electron chi connectivity index (χ0n) is 10.4. The lowest BCUT2D eigenvalue weighted by molar-refractivity contribution is 0.131. The van der Waals surface area contributed by atoms with Crippen LogP contribution in [0, 0.1) is 17.6 Å². The van der Waals surface area contributed by atoms with Crippen molar-refractivity contribution < 1.29 is 22.3 Å². The second-order valence-electron chi connectivity index (χ2n) is 4.74. The third kappa shape index (κ3) is 2.93. The van der Waals surface area contributed by atoms with E-state index in [1.54, 1.807) is 0 Å². The van der Waals surface area contributed by atoms with Crippen LogP contribution in [-0.4, -0.2) is 37.5 Å². The van der Waals surface area contributed by atoms with Gasteiger partial charge in [-0.05, 0) is 30.9 Å². The largest absolute Gasteiger partial charge is 0.391 e. The molecule has 0 aliphatic heterocycles. The number of likely N-dealkylation sites (N-methyl/N-ethyl adjacent to an activating group) is 1. The topological polar surface area (TPSA) is 57.6 Å². The summed E-state index contributed by atoms with van der Waals surface area (Å²) in [6.45, 7) is -0.166. The maximum Gasteiger partial charge on any atom is 0.248 e. The highest BCUT2D eigenvalue weighted by molar-refractivity contribution is 7.89. The lowest BCUT2D eigenvalue weighted by Crippen LogP contribution is -2.36. The van der Waals surface area contributed by atoms with Crippen LogP contribution < -0.4 is 0 Å². The number of rotatable bonds is 5. The van der Waals surface area contributed by atoms with Crippen molar-refractivity contribution in [3.63, 3.8) is 0 Å². The maximum atomic E-state index is 13.5. The average molecular weight is 291 g/mol. The molecule has 0 radical (unpaired) electrons. The van der Waals surface area contributed by atoms with Crippen molar-refractivity contribution in [1.82, 2.24) is 4.31 Å². The molecule has 1 N–H and O–H groups in total. The fourth-order valence-electron chi connectivity index (χ4n) is 1.88. The summed E-state index contributed by atoms with van der Waals surface area (Å²) in [5, 5.41) is 9.71. The van der Waals surface area contributed by atoms with Crippen LogP contribution in [0.15, 0.2) is 23.1 Å². The molecule has 1 aliphatic rings. The normalized spacial score (nSPS) is 17.7. The van der Waals surface area contributed by atoms with Gasteiger partial charge < -0.3 is 5.11 Å². The summed E-state index contributed by atoms with van der Waals surface area (Å²) in [6.07, 6.45) is 0.904. The second-order valence-corrected chi connectivity index (χ2v) is 6.72. The smallest absolute Gasteiger partial charge is 0.248 e. The van der Waals surface area contributed by atoms with Crippen molar-refractivity contribution in [2.24, 2.45) is 5.92 Å². The van der Waals surface area contributed by atoms with Gasteiger partial charge in [0.25, 0.3) is 0 Å². The minimum Gasteiger partial charge on any atom is -0.391 e. The molecule has 1 aliphatic carbocycles. The minimum absolute atomic E-state index is 0.0862. The number of nitrogens with zero attached hydrogens (tertiary/aromatic N) is 1. The zero-order valence-corrected chi connectivity index (χ0v) is 11.2. The van der Waals surface area contributed by atoms with Crippen LogP contribution in [-0.2, 0) is 10.0 Å². The molecule has 1 aromatic rings. The molecule has 1 aromatic carbocycles. The van der Waals surface area contributed by atoms with Crippen molar-refractivity contribution in [3.05, 3.63) is 29.8 Å². The first-order valence-electron chi connectivity index (χ1n) is 5.92. The average Bonchev–Trinajstić information content (AvgIpc) is 3.11. The summed E-state index contributed by atoms with van der Waals surface area (Å²) in [6, 6.07) is 2.88. The van der Waals surface area contributed by atoms with E-state index in [1.165, 1.54) is 7.05 Å². The number of aliphatic hydroxyl groups is 1. The molecule has 1 unspecified atom stereocenters. The van der Waals surface area contributed by atoms with Gasteiger partial charge in [-0.1, -0.05) is 6.07 Å². The van der Waals surface area contributed by atoms with E-state index in [2.05, 4.69) is 0 Å². The lowest BCUT2D eigenvalue weighted by atomic mass is 10.2. The standard InChI is InChI=1S/C12H15F2NO3S/c1-15(7-11(16)8-5-6-8)19(17,18)12-9(13)3-2-4-10(12)14/h2-4,8,11,16H,5-7H2,1H3. The van der Waals surface area contributed by atoms with Gasteiger partial charge in [-0.2, -0.15) is 4.31 Å². The Hall–Kier alpha value is -1.05. The lowest BCUT2D eigenvalue weighted by Gasteiger charge is -2.20. The Labute approximate surface area is 110 Å². The third-order valence-electron chi connectivity index (χ3n) is 3.20. The van der Waals surface area contributed by atoms with Crippen LogP contribution in [0.3, 0.4) is 0 Å². The number of hydrogen-bond acceptors (Lipinski definition) is 3. The van der Waals surface area contributed by atoms with E-state index in [4.69, 9.17) is 0 Å². The Kier molecular flexibility index (Phi) is 3.89. The van der Waals surface area contributed by atoms with Crippen LogP contribution in [0.25, 0.3) is 0 Å². The van der Waals surface area contributed by atoms with E-state index >= 15 is 0 Å². The molecule has 0 aromatic heterocycles. The predicted molar refractivity (Wildman–Crippen MR) is 64.9 cm³/mol. The number of halogens is 2. The second kappa shape index (κ2) is 5.15. The first-order chi connectivity index (χ1) is 8.84. The Morgan fingerprint density at radius 2 is 1.89 bits per heavy atom.